The number of esters is 3. The van der Waals surface area contributed by atoms with Gasteiger partial charge >= 0.3 is 36.2 Å². The Labute approximate surface area is 480 Å². The molecule has 0 saturated carbocycles. The molecule has 1 N–H and O–H groups in total. The van der Waals surface area contributed by atoms with Gasteiger partial charge in [0.05, 0.1) is 22.3 Å². The van der Waals surface area contributed by atoms with E-state index >= 15 is 0 Å². The van der Waals surface area contributed by atoms with Crippen molar-refractivity contribution in [1.82, 2.24) is 9.97 Å². The van der Waals surface area contributed by atoms with E-state index < -0.39 is 65.8 Å². The third-order valence-electron chi connectivity index (χ3n) is 10.2. The Morgan fingerprint density at radius 2 is 0.975 bits per heavy atom. The van der Waals surface area contributed by atoms with Gasteiger partial charge in [0.25, 0.3) is 0 Å². The molecule has 0 fully saturated rings. The monoisotopic (exact) mass is 1230 g/mol. The largest absolute Gasteiger partial charge is 0.478 e. The van der Waals surface area contributed by atoms with Crippen LogP contribution in [0.4, 0.5) is 26.3 Å². The zero-order chi connectivity index (χ0) is 58.0. The summed E-state index contributed by atoms with van der Waals surface area (Å²) in [4.78, 5) is 56.4. The summed E-state index contributed by atoms with van der Waals surface area (Å²) in [6.45, 7) is 9.66. The van der Waals surface area contributed by atoms with Crippen LogP contribution in [-0.4, -0.2) is 62.1 Å². The lowest BCUT2D eigenvalue weighted by Crippen LogP contribution is -2.29. The molecule has 0 aliphatic rings. The summed E-state index contributed by atoms with van der Waals surface area (Å²) in [5.74, 6) is -3.31. The van der Waals surface area contributed by atoms with E-state index in [9.17, 15) is 50.6 Å². The molecule has 2 unspecified atom stereocenters. The molecule has 0 radical (unpaired) electrons. The van der Waals surface area contributed by atoms with Gasteiger partial charge in [0.15, 0.2) is 17.8 Å². The molecule has 0 amide bonds. The van der Waals surface area contributed by atoms with Crippen molar-refractivity contribution in [3.8, 4) is 34.4 Å². The van der Waals surface area contributed by atoms with E-state index in [1.165, 1.54) is 48.5 Å². The summed E-state index contributed by atoms with van der Waals surface area (Å²) in [5.41, 5.74) is -0.889. The number of carbonyl (C=O) groups excluding carboxylic acids is 3. The van der Waals surface area contributed by atoms with Crippen LogP contribution in [0.25, 0.3) is 45.1 Å². The second-order valence-corrected chi connectivity index (χ2v) is 20.2. The predicted molar refractivity (Wildman–Crippen MR) is 296 cm³/mol. The molecule has 432 valence electrons. The van der Waals surface area contributed by atoms with Crippen LogP contribution in [0.3, 0.4) is 0 Å². The fourth-order valence-electron chi connectivity index (χ4n) is 6.99. The lowest BCUT2D eigenvalue weighted by Gasteiger charge is -2.22. The average Bonchev–Trinajstić information content (AvgIpc) is 4.02. The first-order chi connectivity index (χ1) is 37.0. The van der Waals surface area contributed by atoms with Crippen LogP contribution in [0.1, 0.15) is 90.9 Å². The minimum atomic E-state index is -4.68. The molecule has 2 heterocycles. The van der Waals surface area contributed by atoms with Crippen molar-refractivity contribution in [2.24, 2.45) is 0 Å². The maximum atomic E-state index is 13.4. The SMILES string of the molecule is C.C.CC(C)(C)OC(=O)CBr.CC(C)(C)OC(=O)COC(=O)C(Oc1ccc(Cl)cc1-c1nc2ccccc2o1)c1cccc(C(F)(F)F)c1.O=C(O)C(Oc1ccc(Cl)cc1-c1nc2ccccc2o1)c1cccc(C(F)(F)F)c1. The molecular weight excluding hydrogens is 1180 g/mol. The van der Waals surface area contributed by atoms with Crippen LogP contribution in [-0.2, 0) is 45.7 Å². The second kappa shape index (κ2) is 27.7. The van der Waals surface area contributed by atoms with E-state index in [1.54, 1.807) is 69.3 Å². The molecule has 81 heavy (non-hydrogen) atoms. The van der Waals surface area contributed by atoms with Gasteiger partial charge < -0.3 is 37.6 Å². The normalized spacial score (nSPS) is 12.2. The predicted octanol–water partition coefficient (Wildman–Crippen LogP) is 16.5. The molecule has 0 aliphatic heterocycles. The first-order valence-electron chi connectivity index (χ1n) is 23.4. The summed E-state index contributed by atoms with van der Waals surface area (Å²) < 4.78 is 118. The maximum absolute atomic E-state index is 13.4. The van der Waals surface area contributed by atoms with E-state index in [1.807, 2.05) is 20.8 Å². The van der Waals surface area contributed by atoms with Crippen molar-refractivity contribution in [3.63, 3.8) is 0 Å². The van der Waals surface area contributed by atoms with Gasteiger partial charge in [-0.15, -0.1) is 0 Å². The van der Waals surface area contributed by atoms with Crippen LogP contribution in [0, 0.1) is 0 Å². The first kappa shape index (κ1) is 65.9. The Kier molecular flexibility index (Phi) is 22.5. The van der Waals surface area contributed by atoms with Gasteiger partial charge in [-0.3, -0.25) is 4.79 Å². The number of nitrogens with zero attached hydrogens (tertiary/aromatic N) is 2. The van der Waals surface area contributed by atoms with E-state index in [0.29, 0.717) is 32.2 Å². The molecule has 0 bridgehead atoms. The minimum absolute atomic E-state index is 0. The number of para-hydroxylation sites is 4. The highest BCUT2D eigenvalue weighted by Crippen LogP contribution is 2.40. The second-order valence-electron chi connectivity index (χ2n) is 18.7. The van der Waals surface area contributed by atoms with Crippen molar-refractivity contribution in [3.05, 3.63) is 166 Å². The molecule has 14 nitrogen and oxygen atoms in total. The van der Waals surface area contributed by atoms with E-state index in [4.69, 9.17) is 55.7 Å². The zero-order valence-electron chi connectivity index (χ0n) is 42.5. The summed E-state index contributed by atoms with van der Waals surface area (Å²) in [5, 5.41) is 10.5. The number of fused-ring (bicyclic) bond motifs is 2. The molecule has 2 atom stereocenters. The number of rotatable bonds is 13. The van der Waals surface area contributed by atoms with E-state index in [-0.39, 0.29) is 77.3 Å². The van der Waals surface area contributed by atoms with Gasteiger partial charge in [-0.05, 0) is 126 Å². The third kappa shape index (κ3) is 19.0. The zero-order valence-corrected chi connectivity index (χ0v) is 45.6. The smallest absolute Gasteiger partial charge is 0.416 e. The molecule has 2 aromatic heterocycles. The highest BCUT2D eigenvalue weighted by atomic mass is 79.9. The van der Waals surface area contributed by atoms with Gasteiger partial charge in [-0.2, -0.15) is 26.3 Å². The van der Waals surface area contributed by atoms with Gasteiger partial charge in [0.1, 0.15) is 39.1 Å². The number of hydrogen-bond acceptors (Lipinski definition) is 13. The fraction of sp³-hybridized carbons (Fsp3) is 0.276. The van der Waals surface area contributed by atoms with Crippen molar-refractivity contribution in [1.29, 1.82) is 0 Å². The van der Waals surface area contributed by atoms with Crippen LogP contribution in [0.2, 0.25) is 10.0 Å². The maximum Gasteiger partial charge on any atom is 0.416 e. The van der Waals surface area contributed by atoms with Crippen LogP contribution in [0.5, 0.6) is 11.5 Å². The number of aliphatic carboxylic acids is 1. The van der Waals surface area contributed by atoms with Gasteiger partial charge in [0.2, 0.25) is 24.0 Å². The van der Waals surface area contributed by atoms with Crippen LogP contribution >= 0.6 is 39.1 Å². The molecule has 0 spiro atoms. The van der Waals surface area contributed by atoms with E-state index in [2.05, 4.69) is 25.9 Å². The molecular formula is C58H55BrCl2F6N2O12. The van der Waals surface area contributed by atoms with Gasteiger partial charge in [0, 0.05) is 21.2 Å². The number of aromatic nitrogens is 2. The number of halogens is 9. The highest BCUT2D eigenvalue weighted by molar-refractivity contribution is 9.09. The molecule has 8 rings (SSSR count). The number of alkyl halides is 7. The molecule has 0 aliphatic carbocycles. The lowest BCUT2D eigenvalue weighted by atomic mass is 10.1. The quantitative estimate of drug-likeness (QED) is 0.0497. The number of ether oxygens (including phenoxy) is 5. The number of benzene rings is 6. The standard InChI is InChI=1S/C28H23ClF3NO6.C22H13ClF3NO4.C6H11BrO2.2CH4/c1-27(2,3)39-23(34)15-36-26(35)24(16-7-6-8-17(13-16)28(30,31)32)37-21-12-11-18(29)14-19(21)25-33-20-9-4-5-10-22(20)38-25;23-14-8-9-17(15(11-14)20-27-16-6-1-2-7-18(16)31-20)30-19(21(28)29)12-4-3-5-13(10-12)22(24,25)26;1-6(2,3)9-5(8)4-7;;/h4-14,24H,15H2,1-3H3;1-11,19H,(H,28,29);4H2,1-3H3;2*1H4. The topological polar surface area (TPSA) is 187 Å². The van der Waals surface area contributed by atoms with Gasteiger partial charge in [-0.25, -0.2) is 24.4 Å². The third-order valence-corrected chi connectivity index (χ3v) is 11.1. The highest BCUT2D eigenvalue weighted by Gasteiger charge is 2.35. The Balaban J connectivity index is 0.000000301. The molecule has 0 saturated heterocycles. The summed E-state index contributed by atoms with van der Waals surface area (Å²) in [6.07, 6.45) is -12.7. The van der Waals surface area contributed by atoms with Crippen LogP contribution < -0.4 is 9.47 Å². The molecule has 23 heteroatoms. The lowest BCUT2D eigenvalue weighted by molar-refractivity contribution is -0.169. The number of carbonyl (C=O) groups is 4. The summed E-state index contributed by atoms with van der Waals surface area (Å²) >= 11 is 15.3. The Hall–Kier alpha value is -7.62. The first-order valence-corrected chi connectivity index (χ1v) is 25.2. The van der Waals surface area contributed by atoms with E-state index in [0.717, 1.165) is 36.4 Å². The molecule has 8 aromatic rings. The van der Waals surface area contributed by atoms with Crippen molar-refractivity contribution in [2.45, 2.75) is 92.2 Å². The van der Waals surface area contributed by atoms with Crippen molar-refractivity contribution >= 4 is 85.2 Å². The fourth-order valence-corrected chi connectivity index (χ4v) is 7.45. The number of carboxylic acids is 1. The minimum Gasteiger partial charge on any atom is -0.478 e. The average molecular weight is 1240 g/mol. The summed E-state index contributed by atoms with van der Waals surface area (Å²) in [7, 11) is 0. The Morgan fingerprint density at radius 3 is 1.36 bits per heavy atom. The van der Waals surface area contributed by atoms with Crippen molar-refractivity contribution < 1.29 is 83.1 Å². The van der Waals surface area contributed by atoms with Crippen LogP contribution in [0.15, 0.2) is 142 Å². The Bertz CT molecular complexity index is 3400. The summed E-state index contributed by atoms with van der Waals surface area (Å²) in [6, 6.07) is 30.7. The Morgan fingerprint density at radius 1 is 0.568 bits per heavy atom. The number of carboxylic acid groups (broad SMARTS) is 1. The molecule has 6 aromatic carbocycles. The number of oxazole rings is 2. The van der Waals surface area contributed by atoms with Crippen molar-refractivity contribution in [2.75, 3.05) is 11.9 Å². The van der Waals surface area contributed by atoms with Gasteiger partial charge in [-0.1, -0.05) is 103 Å². The number of hydrogen-bond donors (Lipinski definition) is 1.